The van der Waals surface area contributed by atoms with E-state index >= 15 is 0 Å². The minimum atomic E-state index is -1.58. The van der Waals surface area contributed by atoms with Crippen molar-refractivity contribution >= 4 is 5.91 Å². The van der Waals surface area contributed by atoms with Crippen LogP contribution in [-0.2, 0) is 14.3 Å². The highest BCUT2D eigenvalue weighted by Crippen LogP contribution is 2.22. The predicted octanol–water partition coefficient (Wildman–Crippen LogP) is 11.4. The molecule has 1 amide bonds. The van der Waals surface area contributed by atoms with Gasteiger partial charge in [0.1, 0.15) is 24.4 Å². The zero-order valence-electron chi connectivity index (χ0n) is 39.2. The van der Waals surface area contributed by atoms with E-state index in [0.29, 0.717) is 6.42 Å². The molecule has 9 heteroatoms. The van der Waals surface area contributed by atoms with E-state index in [2.05, 4.69) is 55.6 Å². The third-order valence-corrected chi connectivity index (χ3v) is 11.9. The Hall–Kier alpha value is -1.85. The zero-order valence-corrected chi connectivity index (χ0v) is 39.2. The molecule has 1 rings (SSSR count). The fourth-order valence-electron chi connectivity index (χ4n) is 7.77. The van der Waals surface area contributed by atoms with Crippen molar-refractivity contribution in [1.29, 1.82) is 0 Å². The number of nitrogens with one attached hydrogen (secondary N) is 1. The number of carbonyl (C=O) groups excluding carboxylic acids is 1. The maximum Gasteiger partial charge on any atom is 0.220 e. The molecule has 9 nitrogen and oxygen atoms in total. The number of aliphatic hydroxyl groups is 5. The SMILES string of the molecule is CCCCCCCCC/C=C\CCCCCCCC(=O)NC(COC1OC(CO)C(O)C(O)C1O)C(O)/C=C/CC/C=C/CC/C=C/CCCCCCCCCCCCCC. The summed E-state index contributed by atoms with van der Waals surface area (Å²) in [5, 5.41) is 54.3. The molecule has 0 aromatic carbocycles. The highest BCUT2D eigenvalue weighted by Gasteiger charge is 2.44. The van der Waals surface area contributed by atoms with Crippen LogP contribution in [0.2, 0.25) is 0 Å². The van der Waals surface area contributed by atoms with E-state index in [9.17, 15) is 30.3 Å². The van der Waals surface area contributed by atoms with Crippen LogP contribution in [0.1, 0.15) is 219 Å². The molecule has 61 heavy (non-hydrogen) atoms. The van der Waals surface area contributed by atoms with Crippen LogP contribution in [0.4, 0.5) is 0 Å². The monoisotopic (exact) mass is 862 g/mol. The van der Waals surface area contributed by atoms with Gasteiger partial charge in [-0.1, -0.05) is 191 Å². The number of amides is 1. The summed E-state index contributed by atoms with van der Waals surface area (Å²) >= 11 is 0. The number of allylic oxidation sites excluding steroid dienone is 7. The number of hydrogen-bond donors (Lipinski definition) is 6. The van der Waals surface area contributed by atoms with Crippen LogP contribution < -0.4 is 5.32 Å². The Balaban J connectivity index is 2.35. The predicted molar refractivity (Wildman–Crippen MR) is 253 cm³/mol. The van der Waals surface area contributed by atoms with Gasteiger partial charge in [-0.15, -0.1) is 0 Å². The van der Waals surface area contributed by atoms with Crippen molar-refractivity contribution in [2.75, 3.05) is 13.2 Å². The molecule has 0 aliphatic carbocycles. The van der Waals surface area contributed by atoms with Crippen molar-refractivity contribution in [3.05, 3.63) is 48.6 Å². The lowest BCUT2D eigenvalue weighted by Crippen LogP contribution is -2.60. The van der Waals surface area contributed by atoms with Gasteiger partial charge in [0.15, 0.2) is 6.29 Å². The first-order valence-corrected chi connectivity index (χ1v) is 25.4. The summed E-state index contributed by atoms with van der Waals surface area (Å²) in [4.78, 5) is 13.0. The van der Waals surface area contributed by atoms with Gasteiger partial charge < -0.3 is 40.3 Å². The Kier molecular flexibility index (Phi) is 39.5. The van der Waals surface area contributed by atoms with E-state index in [4.69, 9.17) is 9.47 Å². The Bertz CT molecular complexity index is 1090. The summed E-state index contributed by atoms with van der Waals surface area (Å²) in [7, 11) is 0. The number of aliphatic hydroxyl groups excluding tert-OH is 5. The van der Waals surface area contributed by atoms with E-state index < -0.39 is 49.5 Å². The molecule has 1 aliphatic rings. The van der Waals surface area contributed by atoms with Crippen LogP contribution in [0.15, 0.2) is 48.6 Å². The number of carbonyl (C=O) groups is 1. The lowest BCUT2D eigenvalue weighted by Gasteiger charge is -2.40. The largest absolute Gasteiger partial charge is 0.394 e. The number of ether oxygens (including phenoxy) is 2. The minimum Gasteiger partial charge on any atom is -0.394 e. The van der Waals surface area contributed by atoms with Gasteiger partial charge in [0.25, 0.3) is 0 Å². The molecule has 1 heterocycles. The van der Waals surface area contributed by atoms with Crippen LogP contribution in [0.5, 0.6) is 0 Å². The molecule has 1 aliphatic heterocycles. The fourth-order valence-corrected chi connectivity index (χ4v) is 7.77. The highest BCUT2D eigenvalue weighted by atomic mass is 16.7. The third-order valence-electron chi connectivity index (χ3n) is 11.9. The number of hydrogen-bond acceptors (Lipinski definition) is 8. The quantitative estimate of drug-likeness (QED) is 0.0262. The van der Waals surface area contributed by atoms with Gasteiger partial charge in [0.05, 0.1) is 25.4 Å². The van der Waals surface area contributed by atoms with Crippen molar-refractivity contribution in [2.24, 2.45) is 0 Å². The summed E-state index contributed by atoms with van der Waals surface area (Å²) in [5.41, 5.74) is 0. The average molecular weight is 862 g/mol. The standard InChI is InChI=1S/C52H95NO8/c1-3-5-7-9-11-13-15-17-19-21-22-23-24-25-26-27-29-31-33-35-37-39-41-46(55)45(44-60-52-51(59)50(58)49(57)47(43-54)61-52)53-48(56)42-40-38-36-34-32-30-28-20-18-16-14-12-10-8-6-4-2/h20,25-26,28,31,33,39,41,45-47,49-52,54-55,57-59H,3-19,21-24,27,29-30,32,34-38,40,42-44H2,1-2H3,(H,53,56)/b26-25+,28-20-,33-31+,41-39+. The Morgan fingerprint density at radius 2 is 0.934 bits per heavy atom. The zero-order chi connectivity index (χ0) is 44.4. The summed E-state index contributed by atoms with van der Waals surface area (Å²) < 4.78 is 11.2. The van der Waals surface area contributed by atoms with Gasteiger partial charge in [-0.2, -0.15) is 0 Å². The van der Waals surface area contributed by atoms with Gasteiger partial charge in [0.2, 0.25) is 5.91 Å². The van der Waals surface area contributed by atoms with Crippen LogP contribution in [0.25, 0.3) is 0 Å². The number of rotatable bonds is 42. The maximum absolute atomic E-state index is 13.0. The maximum atomic E-state index is 13.0. The van der Waals surface area contributed by atoms with E-state index in [-0.39, 0.29) is 12.5 Å². The molecule has 0 spiro atoms. The first-order chi connectivity index (χ1) is 29.8. The average Bonchev–Trinajstić information content (AvgIpc) is 3.26. The van der Waals surface area contributed by atoms with Crippen molar-refractivity contribution in [1.82, 2.24) is 5.32 Å². The lowest BCUT2D eigenvalue weighted by molar-refractivity contribution is -0.302. The summed E-state index contributed by atoms with van der Waals surface area (Å²) in [6.07, 6.45) is 47.3. The smallest absolute Gasteiger partial charge is 0.220 e. The molecule has 356 valence electrons. The second-order valence-corrected chi connectivity index (χ2v) is 17.6. The Morgan fingerprint density at radius 3 is 1.38 bits per heavy atom. The topological polar surface area (TPSA) is 149 Å². The Labute approximate surface area is 373 Å². The molecule has 1 fully saturated rings. The summed E-state index contributed by atoms with van der Waals surface area (Å²) in [6, 6.07) is -0.832. The summed E-state index contributed by atoms with van der Waals surface area (Å²) in [6.45, 7) is 3.75. The molecular weight excluding hydrogens is 767 g/mol. The van der Waals surface area contributed by atoms with Gasteiger partial charge in [-0.25, -0.2) is 0 Å². The molecule has 0 saturated carbocycles. The third kappa shape index (κ3) is 32.5. The van der Waals surface area contributed by atoms with Crippen LogP contribution in [0.3, 0.4) is 0 Å². The molecule has 1 saturated heterocycles. The van der Waals surface area contributed by atoms with E-state index in [1.165, 1.54) is 135 Å². The highest BCUT2D eigenvalue weighted by molar-refractivity contribution is 5.76. The van der Waals surface area contributed by atoms with Crippen molar-refractivity contribution < 1.29 is 39.8 Å². The molecule has 0 aromatic rings. The van der Waals surface area contributed by atoms with Crippen LogP contribution in [0, 0.1) is 0 Å². The van der Waals surface area contributed by atoms with Crippen molar-refractivity contribution in [2.45, 2.75) is 262 Å². The molecule has 6 N–H and O–H groups in total. The van der Waals surface area contributed by atoms with Crippen LogP contribution in [-0.4, -0.2) is 87.5 Å². The van der Waals surface area contributed by atoms with E-state index in [1.54, 1.807) is 6.08 Å². The van der Waals surface area contributed by atoms with E-state index in [1.807, 2.05) is 6.08 Å². The first kappa shape index (κ1) is 57.2. The van der Waals surface area contributed by atoms with Gasteiger partial charge in [0, 0.05) is 6.42 Å². The molecular formula is C52H95NO8. The van der Waals surface area contributed by atoms with E-state index in [0.717, 1.165) is 64.2 Å². The molecule has 7 atom stereocenters. The molecule has 0 radical (unpaired) electrons. The van der Waals surface area contributed by atoms with Gasteiger partial charge >= 0.3 is 0 Å². The van der Waals surface area contributed by atoms with Crippen molar-refractivity contribution in [3.63, 3.8) is 0 Å². The molecule has 0 aromatic heterocycles. The number of unbranched alkanes of at least 4 members (excludes halogenated alkanes) is 26. The fraction of sp³-hybridized carbons (Fsp3) is 0.827. The van der Waals surface area contributed by atoms with Gasteiger partial charge in [-0.3, -0.25) is 4.79 Å². The minimum absolute atomic E-state index is 0.200. The lowest BCUT2D eigenvalue weighted by atomic mass is 9.99. The second-order valence-electron chi connectivity index (χ2n) is 17.6. The Morgan fingerprint density at radius 1 is 0.541 bits per heavy atom. The summed E-state index contributed by atoms with van der Waals surface area (Å²) in [5.74, 6) is -0.200. The molecule has 0 bridgehead atoms. The normalized spacial score (nSPS) is 20.8. The van der Waals surface area contributed by atoms with Crippen LogP contribution >= 0.6 is 0 Å². The van der Waals surface area contributed by atoms with Gasteiger partial charge in [-0.05, 0) is 70.6 Å². The molecule has 7 unspecified atom stereocenters. The van der Waals surface area contributed by atoms with Crippen molar-refractivity contribution in [3.8, 4) is 0 Å². The second kappa shape index (κ2) is 42.1. The first-order valence-electron chi connectivity index (χ1n) is 25.4.